The summed E-state index contributed by atoms with van der Waals surface area (Å²) in [5, 5.41) is 0. The normalized spacial score (nSPS) is 11.5. The van der Waals surface area contributed by atoms with Gasteiger partial charge in [-0.3, -0.25) is 4.79 Å². The number of carbonyl (C=O) groups is 1. The number of alkyl halides is 3. The van der Waals surface area contributed by atoms with Gasteiger partial charge in [-0.1, -0.05) is 36.4 Å². The first-order valence-electron chi connectivity index (χ1n) is 8.66. The number of amides is 1. The van der Waals surface area contributed by atoms with Crippen LogP contribution in [-0.2, 0) is 23.9 Å². The van der Waals surface area contributed by atoms with Gasteiger partial charge in [-0.2, -0.15) is 13.2 Å². The maximum absolute atomic E-state index is 13.1. The molecule has 146 valence electrons. The molecule has 3 aromatic rings. The van der Waals surface area contributed by atoms with Crippen LogP contribution in [0, 0.1) is 6.92 Å². The second kappa shape index (κ2) is 7.88. The topological polar surface area (TPSA) is 46.3 Å². The molecule has 0 fully saturated rings. The van der Waals surface area contributed by atoms with Gasteiger partial charge < -0.3 is 9.32 Å². The lowest BCUT2D eigenvalue weighted by atomic mass is 10.1. The zero-order chi connectivity index (χ0) is 20.3. The summed E-state index contributed by atoms with van der Waals surface area (Å²) < 4.78 is 45.0. The molecule has 0 aliphatic heterocycles. The lowest BCUT2D eigenvalue weighted by Gasteiger charge is -2.20. The minimum atomic E-state index is -4.46. The third-order valence-corrected chi connectivity index (χ3v) is 4.39. The van der Waals surface area contributed by atoms with Gasteiger partial charge >= 0.3 is 6.18 Å². The van der Waals surface area contributed by atoms with Crippen molar-refractivity contribution in [3.8, 4) is 11.5 Å². The molecule has 0 spiro atoms. The molecule has 0 aliphatic carbocycles. The summed E-state index contributed by atoms with van der Waals surface area (Å²) in [5.41, 5.74) is 0.572. The highest BCUT2D eigenvalue weighted by molar-refractivity contribution is 5.78. The van der Waals surface area contributed by atoms with Gasteiger partial charge in [0.25, 0.3) is 0 Å². The highest BCUT2D eigenvalue weighted by atomic mass is 19.4. The quantitative estimate of drug-likeness (QED) is 0.626. The molecule has 0 radical (unpaired) electrons. The molecule has 28 heavy (non-hydrogen) atoms. The number of carbonyl (C=O) groups excluding carboxylic acids is 1. The van der Waals surface area contributed by atoms with Gasteiger partial charge in [-0.05, 0) is 30.7 Å². The maximum Gasteiger partial charge on any atom is 0.416 e. The number of oxazole rings is 1. The molecular formula is C21H19F3N2O2. The Morgan fingerprint density at radius 1 is 1.07 bits per heavy atom. The summed E-state index contributed by atoms with van der Waals surface area (Å²) >= 11 is 0. The minimum Gasteiger partial charge on any atom is -0.441 e. The van der Waals surface area contributed by atoms with E-state index in [2.05, 4.69) is 4.98 Å². The van der Waals surface area contributed by atoms with E-state index in [9.17, 15) is 18.0 Å². The largest absolute Gasteiger partial charge is 0.441 e. The first-order valence-corrected chi connectivity index (χ1v) is 8.66. The number of nitrogens with zero attached hydrogens (tertiary/aromatic N) is 2. The third kappa shape index (κ3) is 4.42. The molecule has 0 unspecified atom stereocenters. The van der Waals surface area contributed by atoms with Crippen molar-refractivity contribution >= 4 is 5.91 Å². The van der Waals surface area contributed by atoms with Crippen molar-refractivity contribution in [2.75, 3.05) is 7.05 Å². The van der Waals surface area contributed by atoms with Gasteiger partial charge in [-0.25, -0.2) is 4.98 Å². The van der Waals surface area contributed by atoms with E-state index in [1.54, 1.807) is 6.92 Å². The number of aryl methyl sites for hydroxylation is 1. The van der Waals surface area contributed by atoms with Crippen LogP contribution in [0.2, 0.25) is 0 Å². The molecule has 1 aromatic heterocycles. The molecule has 3 rings (SSSR count). The molecule has 4 nitrogen and oxygen atoms in total. The molecule has 2 aromatic carbocycles. The van der Waals surface area contributed by atoms with Gasteiger partial charge in [0.15, 0.2) is 0 Å². The Morgan fingerprint density at radius 2 is 1.71 bits per heavy atom. The van der Waals surface area contributed by atoms with Crippen molar-refractivity contribution in [1.29, 1.82) is 0 Å². The third-order valence-electron chi connectivity index (χ3n) is 4.39. The van der Waals surface area contributed by atoms with Crippen molar-refractivity contribution in [3.63, 3.8) is 0 Å². The van der Waals surface area contributed by atoms with Crippen molar-refractivity contribution < 1.29 is 22.4 Å². The zero-order valence-electron chi connectivity index (χ0n) is 15.5. The first kappa shape index (κ1) is 19.7. The smallest absolute Gasteiger partial charge is 0.416 e. The number of likely N-dealkylation sites (N-methyl/N-ethyl adjacent to an activating group) is 1. The van der Waals surface area contributed by atoms with Crippen molar-refractivity contribution in [3.05, 3.63) is 77.2 Å². The Kier molecular flexibility index (Phi) is 5.53. The summed E-state index contributed by atoms with van der Waals surface area (Å²) in [7, 11) is 1.48. The fourth-order valence-corrected chi connectivity index (χ4v) is 2.85. The number of hydrogen-bond acceptors (Lipinski definition) is 3. The van der Waals surface area contributed by atoms with E-state index >= 15 is 0 Å². The molecule has 0 bridgehead atoms. The molecule has 0 atom stereocenters. The summed E-state index contributed by atoms with van der Waals surface area (Å²) in [4.78, 5) is 18.2. The highest BCUT2D eigenvalue weighted by Gasteiger charge is 2.33. The summed E-state index contributed by atoms with van der Waals surface area (Å²) in [5.74, 6) is 0.579. The van der Waals surface area contributed by atoms with Gasteiger partial charge in [0.2, 0.25) is 11.8 Å². The number of benzene rings is 2. The Labute approximate surface area is 160 Å². The van der Waals surface area contributed by atoms with Gasteiger partial charge in [-0.15, -0.1) is 0 Å². The molecule has 0 N–H and O–H groups in total. The lowest BCUT2D eigenvalue weighted by molar-refractivity contribution is -0.139. The maximum atomic E-state index is 13.1. The molecule has 1 heterocycles. The number of aromatic nitrogens is 1. The van der Waals surface area contributed by atoms with E-state index in [0.29, 0.717) is 17.3 Å². The molecule has 0 saturated heterocycles. The molecule has 1 amide bonds. The standard InChI is InChI=1S/C21H19F3N2O2/c1-14-18(25-20(28-14)15-8-4-3-5-9-15)12-19(27)26(2)13-16-10-6-7-11-17(16)21(22,23)24/h3-11H,12-13H2,1-2H3. The SMILES string of the molecule is Cc1oc(-c2ccccc2)nc1CC(=O)N(C)Cc1ccccc1C(F)(F)F. The second-order valence-electron chi connectivity index (χ2n) is 6.47. The lowest BCUT2D eigenvalue weighted by Crippen LogP contribution is -2.29. The van der Waals surface area contributed by atoms with Crippen LogP contribution in [-0.4, -0.2) is 22.8 Å². The van der Waals surface area contributed by atoms with Crippen molar-refractivity contribution in [1.82, 2.24) is 9.88 Å². The fraction of sp³-hybridized carbons (Fsp3) is 0.238. The number of rotatable bonds is 5. The van der Waals surface area contributed by atoms with Crippen molar-refractivity contribution in [2.45, 2.75) is 26.1 Å². The molecule has 0 saturated carbocycles. The predicted octanol–water partition coefficient (Wildman–Crippen LogP) is 4.87. The predicted molar refractivity (Wildman–Crippen MR) is 98.3 cm³/mol. The van der Waals surface area contributed by atoms with Crippen LogP contribution in [0.3, 0.4) is 0 Å². The Balaban J connectivity index is 1.73. The van der Waals surface area contributed by atoms with Crippen LogP contribution in [0.15, 0.2) is 59.0 Å². The van der Waals surface area contributed by atoms with Crippen LogP contribution in [0.1, 0.15) is 22.6 Å². The van der Waals surface area contributed by atoms with E-state index in [4.69, 9.17) is 4.42 Å². The molecule has 0 aliphatic rings. The average molecular weight is 388 g/mol. The van der Waals surface area contributed by atoms with E-state index in [-0.39, 0.29) is 24.4 Å². The Morgan fingerprint density at radius 3 is 2.39 bits per heavy atom. The Hall–Kier alpha value is -3.09. The Bertz CT molecular complexity index is 965. The molecular weight excluding hydrogens is 369 g/mol. The summed E-state index contributed by atoms with van der Waals surface area (Å²) in [6.07, 6.45) is -4.51. The van der Waals surface area contributed by atoms with Gasteiger partial charge in [0.1, 0.15) is 5.76 Å². The highest BCUT2D eigenvalue weighted by Crippen LogP contribution is 2.32. The van der Waals surface area contributed by atoms with E-state index < -0.39 is 11.7 Å². The van der Waals surface area contributed by atoms with Crippen LogP contribution >= 0.6 is 0 Å². The van der Waals surface area contributed by atoms with E-state index in [1.165, 1.54) is 30.1 Å². The minimum absolute atomic E-state index is 0.0488. The molecule has 7 heteroatoms. The van der Waals surface area contributed by atoms with Crippen LogP contribution in [0.5, 0.6) is 0 Å². The van der Waals surface area contributed by atoms with Crippen molar-refractivity contribution in [2.24, 2.45) is 0 Å². The fourth-order valence-electron chi connectivity index (χ4n) is 2.85. The summed E-state index contributed by atoms with van der Waals surface area (Å²) in [6, 6.07) is 14.5. The summed E-state index contributed by atoms with van der Waals surface area (Å²) in [6.45, 7) is 1.57. The van der Waals surface area contributed by atoms with Crippen LogP contribution in [0.4, 0.5) is 13.2 Å². The van der Waals surface area contributed by atoms with Gasteiger partial charge in [0.05, 0.1) is 17.7 Å². The van der Waals surface area contributed by atoms with E-state index in [0.717, 1.165) is 11.6 Å². The second-order valence-corrected chi connectivity index (χ2v) is 6.47. The first-order chi connectivity index (χ1) is 13.3. The number of hydrogen-bond donors (Lipinski definition) is 0. The van der Waals surface area contributed by atoms with Crippen LogP contribution < -0.4 is 0 Å². The average Bonchev–Trinajstić information content (AvgIpc) is 3.02. The zero-order valence-corrected chi connectivity index (χ0v) is 15.5. The van der Waals surface area contributed by atoms with E-state index in [1.807, 2.05) is 30.3 Å². The van der Waals surface area contributed by atoms with Gasteiger partial charge in [0, 0.05) is 19.2 Å². The monoisotopic (exact) mass is 388 g/mol. The van der Waals surface area contributed by atoms with Crippen LogP contribution in [0.25, 0.3) is 11.5 Å². The number of halogens is 3.